The molecule has 0 fully saturated rings. The summed E-state index contributed by atoms with van der Waals surface area (Å²) in [4.78, 5) is 23.7. The lowest BCUT2D eigenvalue weighted by atomic mass is 10.0. The van der Waals surface area contributed by atoms with Crippen molar-refractivity contribution in [3.05, 3.63) is 35.4 Å². The van der Waals surface area contributed by atoms with E-state index < -0.39 is 23.7 Å². The average Bonchev–Trinajstić information content (AvgIpc) is 2.44. The van der Waals surface area contributed by atoms with Gasteiger partial charge < -0.3 is 20.5 Å². The highest BCUT2D eigenvalue weighted by Gasteiger charge is 2.25. The maximum Gasteiger partial charge on any atom is 0.408 e. The van der Waals surface area contributed by atoms with Gasteiger partial charge >= 0.3 is 12.1 Å². The molecule has 8 heteroatoms. The maximum atomic E-state index is 11.9. The van der Waals surface area contributed by atoms with Crippen LogP contribution in [0.1, 0.15) is 31.9 Å². The molecule has 0 heterocycles. The Morgan fingerprint density at radius 3 is 2.46 bits per heavy atom. The van der Waals surface area contributed by atoms with Crippen molar-refractivity contribution in [1.29, 1.82) is 5.41 Å². The number of nitrogens with two attached hydrogens (primary N) is 1. The van der Waals surface area contributed by atoms with Gasteiger partial charge in [0, 0.05) is 12.0 Å². The van der Waals surface area contributed by atoms with Crippen molar-refractivity contribution in [2.45, 2.75) is 38.8 Å². The number of benzene rings is 1. The van der Waals surface area contributed by atoms with Crippen molar-refractivity contribution in [2.24, 2.45) is 5.73 Å². The van der Waals surface area contributed by atoms with Gasteiger partial charge in [-0.2, -0.15) is 0 Å². The Morgan fingerprint density at radius 2 is 1.96 bits per heavy atom. The van der Waals surface area contributed by atoms with E-state index in [9.17, 15) is 9.59 Å². The molecule has 0 aliphatic heterocycles. The molecule has 0 spiro atoms. The summed E-state index contributed by atoms with van der Waals surface area (Å²) in [5.41, 5.74) is 6.07. The summed E-state index contributed by atoms with van der Waals surface area (Å²) in [7, 11) is 1.25. The molecule has 24 heavy (non-hydrogen) atoms. The largest absolute Gasteiger partial charge is 0.467 e. The standard InChI is InChI=1S/C16H23N3O4.ClH/c1-16(2,3)23-15(21)19-12(14(20)22-4)9-10-6-5-7-11(8-10)13(17)18;/h5-8,12H,9H2,1-4H3,(H3,17,18)(H,19,21);1H. The number of rotatable bonds is 5. The number of nitrogens with one attached hydrogen (secondary N) is 2. The Kier molecular flexibility index (Phi) is 8.26. The van der Waals surface area contributed by atoms with Crippen LogP contribution in [0.3, 0.4) is 0 Å². The molecule has 0 aliphatic carbocycles. The van der Waals surface area contributed by atoms with Crippen LogP contribution >= 0.6 is 12.4 Å². The molecule has 0 aliphatic rings. The predicted octanol–water partition coefficient (Wildman–Crippen LogP) is 2.00. The maximum absolute atomic E-state index is 11.9. The minimum absolute atomic E-state index is 0. The van der Waals surface area contributed by atoms with Crippen molar-refractivity contribution in [3.8, 4) is 0 Å². The summed E-state index contributed by atoms with van der Waals surface area (Å²) in [6.07, 6.45) is -0.497. The number of methoxy groups -OCH3 is 1. The summed E-state index contributed by atoms with van der Waals surface area (Å²) in [5.74, 6) is -0.648. The molecular formula is C16H24ClN3O4. The van der Waals surface area contributed by atoms with E-state index in [2.05, 4.69) is 5.32 Å². The lowest BCUT2D eigenvalue weighted by molar-refractivity contribution is -0.143. The summed E-state index contributed by atoms with van der Waals surface area (Å²) >= 11 is 0. The van der Waals surface area contributed by atoms with E-state index in [-0.39, 0.29) is 24.7 Å². The number of nitrogen functional groups attached to an aromatic ring is 1. The summed E-state index contributed by atoms with van der Waals surface area (Å²) in [6, 6.07) is 6.00. The normalized spacial score (nSPS) is 11.7. The van der Waals surface area contributed by atoms with E-state index in [1.54, 1.807) is 45.0 Å². The second kappa shape index (κ2) is 9.12. The van der Waals surface area contributed by atoms with Crippen molar-refractivity contribution in [3.63, 3.8) is 0 Å². The minimum atomic E-state index is -0.892. The number of amidine groups is 1. The van der Waals surface area contributed by atoms with E-state index in [1.807, 2.05) is 0 Å². The fourth-order valence-corrected chi connectivity index (χ4v) is 1.89. The van der Waals surface area contributed by atoms with Gasteiger partial charge in [-0.1, -0.05) is 18.2 Å². The zero-order chi connectivity index (χ0) is 17.6. The second-order valence-corrected chi connectivity index (χ2v) is 6.04. The summed E-state index contributed by atoms with van der Waals surface area (Å²) < 4.78 is 9.87. The van der Waals surface area contributed by atoms with Crippen LogP contribution in [0.15, 0.2) is 24.3 Å². The highest BCUT2D eigenvalue weighted by Crippen LogP contribution is 2.10. The Hall–Kier alpha value is -2.28. The molecule has 7 nitrogen and oxygen atoms in total. The van der Waals surface area contributed by atoms with Gasteiger partial charge in [0.1, 0.15) is 17.5 Å². The fourth-order valence-electron chi connectivity index (χ4n) is 1.89. The number of amides is 1. The molecule has 1 unspecified atom stereocenters. The highest BCUT2D eigenvalue weighted by atomic mass is 35.5. The number of halogens is 1. The number of carbonyl (C=O) groups excluding carboxylic acids is 2. The monoisotopic (exact) mass is 357 g/mol. The number of alkyl carbamates (subject to hydrolysis) is 1. The van der Waals surface area contributed by atoms with E-state index in [1.165, 1.54) is 7.11 Å². The van der Waals surface area contributed by atoms with Crippen molar-refractivity contribution >= 4 is 30.3 Å². The van der Waals surface area contributed by atoms with Gasteiger partial charge in [-0.05, 0) is 32.4 Å². The van der Waals surface area contributed by atoms with Gasteiger partial charge in [0.25, 0.3) is 0 Å². The topological polar surface area (TPSA) is 115 Å². The van der Waals surface area contributed by atoms with E-state index in [4.69, 9.17) is 20.6 Å². The molecule has 0 radical (unpaired) electrons. The van der Waals surface area contributed by atoms with Gasteiger partial charge in [0.2, 0.25) is 0 Å². The summed E-state index contributed by atoms with van der Waals surface area (Å²) in [5, 5.41) is 9.94. The first-order valence-electron chi connectivity index (χ1n) is 7.13. The number of ether oxygens (including phenoxy) is 2. The molecular weight excluding hydrogens is 334 g/mol. The highest BCUT2D eigenvalue weighted by molar-refractivity contribution is 5.95. The van der Waals surface area contributed by atoms with Crippen LogP contribution in [0.4, 0.5) is 4.79 Å². The lowest BCUT2D eigenvalue weighted by Crippen LogP contribution is -2.45. The molecule has 134 valence electrons. The van der Waals surface area contributed by atoms with E-state index in [0.717, 1.165) is 5.56 Å². The SMILES string of the molecule is COC(=O)C(Cc1cccc(C(=N)N)c1)NC(=O)OC(C)(C)C.Cl. The first-order chi connectivity index (χ1) is 10.6. The molecule has 0 saturated heterocycles. The molecule has 1 amide bonds. The van der Waals surface area contributed by atoms with E-state index >= 15 is 0 Å². The lowest BCUT2D eigenvalue weighted by Gasteiger charge is -2.22. The first kappa shape index (κ1) is 21.7. The predicted molar refractivity (Wildman–Crippen MR) is 93.6 cm³/mol. The van der Waals surface area contributed by atoms with Crippen molar-refractivity contribution in [2.75, 3.05) is 7.11 Å². The number of hydrogen-bond donors (Lipinski definition) is 3. The summed E-state index contributed by atoms with van der Waals surface area (Å²) in [6.45, 7) is 5.20. The zero-order valence-electron chi connectivity index (χ0n) is 14.2. The average molecular weight is 358 g/mol. The first-order valence-corrected chi connectivity index (χ1v) is 7.13. The van der Waals surface area contributed by atoms with Crippen LogP contribution in [-0.4, -0.2) is 36.7 Å². The van der Waals surface area contributed by atoms with Crippen LogP contribution in [0, 0.1) is 5.41 Å². The van der Waals surface area contributed by atoms with Crippen LogP contribution in [0.25, 0.3) is 0 Å². The quantitative estimate of drug-likeness (QED) is 0.423. The van der Waals surface area contributed by atoms with Crippen LogP contribution < -0.4 is 11.1 Å². The van der Waals surface area contributed by atoms with Crippen LogP contribution in [0.2, 0.25) is 0 Å². The Morgan fingerprint density at radius 1 is 1.33 bits per heavy atom. The Bertz CT molecular complexity index is 599. The Labute approximate surface area is 147 Å². The molecule has 4 N–H and O–H groups in total. The fraction of sp³-hybridized carbons (Fsp3) is 0.438. The third-order valence-electron chi connectivity index (χ3n) is 2.85. The third kappa shape index (κ3) is 7.32. The van der Waals surface area contributed by atoms with Crippen molar-refractivity contribution < 1.29 is 19.1 Å². The zero-order valence-corrected chi connectivity index (χ0v) is 15.0. The molecule has 1 aromatic rings. The molecule has 1 aromatic carbocycles. The van der Waals surface area contributed by atoms with Crippen LogP contribution in [-0.2, 0) is 20.7 Å². The van der Waals surface area contributed by atoms with Gasteiger partial charge in [0.05, 0.1) is 7.11 Å². The minimum Gasteiger partial charge on any atom is -0.467 e. The van der Waals surface area contributed by atoms with E-state index in [0.29, 0.717) is 5.56 Å². The Balaban J connectivity index is 0.00000529. The molecule has 1 atom stereocenters. The van der Waals surface area contributed by atoms with Crippen LogP contribution in [0.5, 0.6) is 0 Å². The third-order valence-corrected chi connectivity index (χ3v) is 2.85. The molecule has 0 bridgehead atoms. The molecule has 0 saturated carbocycles. The molecule has 1 rings (SSSR count). The number of carbonyl (C=O) groups is 2. The molecule has 0 aromatic heterocycles. The second-order valence-electron chi connectivity index (χ2n) is 6.04. The van der Waals surface area contributed by atoms with Gasteiger partial charge in [-0.3, -0.25) is 5.41 Å². The van der Waals surface area contributed by atoms with Gasteiger partial charge in [-0.15, -0.1) is 12.4 Å². The van der Waals surface area contributed by atoms with Gasteiger partial charge in [0.15, 0.2) is 0 Å². The number of hydrogen-bond acceptors (Lipinski definition) is 5. The smallest absolute Gasteiger partial charge is 0.408 e. The number of esters is 1. The van der Waals surface area contributed by atoms with Crippen molar-refractivity contribution in [1.82, 2.24) is 5.32 Å². The van der Waals surface area contributed by atoms with Gasteiger partial charge in [-0.25, -0.2) is 9.59 Å².